The first-order valence-corrected chi connectivity index (χ1v) is 6.92. The third-order valence-corrected chi connectivity index (χ3v) is 4.07. The van der Waals surface area contributed by atoms with Gasteiger partial charge in [-0.25, -0.2) is 4.79 Å². The van der Waals surface area contributed by atoms with Gasteiger partial charge < -0.3 is 5.11 Å². The van der Waals surface area contributed by atoms with Crippen LogP contribution in [-0.2, 0) is 0 Å². The Labute approximate surface area is 115 Å². The van der Waals surface area contributed by atoms with Crippen LogP contribution in [0.25, 0.3) is 10.9 Å². The van der Waals surface area contributed by atoms with Gasteiger partial charge in [-0.15, -0.1) is 0 Å². The summed E-state index contributed by atoms with van der Waals surface area (Å²) in [7, 11) is 0. The molecule has 0 saturated heterocycles. The number of aromatic amines is 1. The minimum atomic E-state index is -1.30. The van der Waals surface area contributed by atoms with Crippen LogP contribution < -0.4 is 5.43 Å². The second kappa shape index (κ2) is 5.07. The molecule has 1 saturated carbocycles. The van der Waals surface area contributed by atoms with Crippen LogP contribution in [0.4, 0.5) is 0 Å². The molecular formula is C15H16N2O3. The Morgan fingerprint density at radius 2 is 2.00 bits per heavy atom. The van der Waals surface area contributed by atoms with Gasteiger partial charge in [-0.1, -0.05) is 25.3 Å². The highest BCUT2D eigenvalue weighted by atomic mass is 16.4. The zero-order chi connectivity index (χ0) is 14.1. The van der Waals surface area contributed by atoms with E-state index >= 15 is 0 Å². The van der Waals surface area contributed by atoms with Gasteiger partial charge in [0.25, 0.3) is 0 Å². The molecule has 1 aliphatic rings. The third kappa shape index (κ3) is 2.19. The fraction of sp³-hybridized carbons (Fsp3) is 0.400. The summed E-state index contributed by atoms with van der Waals surface area (Å²) in [6, 6.07) is 5.66. The van der Waals surface area contributed by atoms with Gasteiger partial charge in [0, 0.05) is 5.39 Å². The number of nitrogens with zero attached hydrogens (tertiary/aromatic N) is 1. The summed E-state index contributed by atoms with van der Waals surface area (Å²) in [5.41, 5.74) is 0.756. The highest BCUT2D eigenvalue weighted by Crippen LogP contribution is 2.33. The Hall–Kier alpha value is -2.17. The molecule has 0 bridgehead atoms. The predicted molar refractivity (Wildman–Crippen MR) is 75.1 cm³/mol. The fourth-order valence-electron chi connectivity index (χ4n) is 2.98. The monoisotopic (exact) mass is 272 g/mol. The number of carboxylic acid groups (broad SMARTS) is 1. The minimum Gasteiger partial charge on any atom is -0.476 e. The molecule has 1 aromatic heterocycles. The molecule has 2 aromatic rings. The molecule has 1 aliphatic carbocycles. The molecular weight excluding hydrogens is 256 g/mol. The van der Waals surface area contributed by atoms with Gasteiger partial charge in [0.15, 0.2) is 0 Å². The molecule has 1 fully saturated rings. The number of hydrogen-bond acceptors (Lipinski definition) is 3. The summed E-state index contributed by atoms with van der Waals surface area (Å²) in [6.45, 7) is 0. The Morgan fingerprint density at radius 3 is 2.70 bits per heavy atom. The SMILES string of the molecule is O=C(O)c1n[nH]c2ccc(C3CCCCC3)cc2c1=O. The number of carbonyl (C=O) groups is 1. The molecule has 20 heavy (non-hydrogen) atoms. The number of nitrogens with one attached hydrogen (secondary N) is 1. The Morgan fingerprint density at radius 1 is 1.25 bits per heavy atom. The van der Waals surface area contributed by atoms with Gasteiger partial charge in [-0.3, -0.25) is 9.89 Å². The van der Waals surface area contributed by atoms with Crippen LogP contribution in [0, 0.1) is 0 Å². The molecule has 104 valence electrons. The van der Waals surface area contributed by atoms with Gasteiger partial charge in [0.2, 0.25) is 11.1 Å². The number of benzene rings is 1. The van der Waals surface area contributed by atoms with Gasteiger partial charge in [-0.2, -0.15) is 5.10 Å². The van der Waals surface area contributed by atoms with Crippen molar-refractivity contribution >= 4 is 16.9 Å². The van der Waals surface area contributed by atoms with Crippen LogP contribution in [0.1, 0.15) is 54.1 Å². The topological polar surface area (TPSA) is 83.0 Å². The number of aromatic carboxylic acids is 1. The summed E-state index contributed by atoms with van der Waals surface area (Å²) in [5.74, 6) is -0.815. The normalized spacial score (nSPS) is 16.4. The van der Waals surface area contributed by atoms with Crippen molar-refractivity contribution in [2.75, 3.05) is 0 Å². The van der Waals surface area contributed by atoms with Crippen molar-refractivity contribution in [3.8, 4) is 0 Å². The first-order chi connectivity index (χ1) is 9.66. The number of fused-ring (bicyclic) bond motifs is 1. The molecule has 0 radical (unpaired) electrons. The van der Waals surface area contributed by atoms with E-state index < -0.39 is 17.1 Å². The molecule has 3 rings (SSSR count). The minimum absolute atomic E-state index is 0.417. The van der Waals surface area contributed by atoms with Crippen molar-refractivity contribution in [2.45, 2.75) is 38.0 Å². The third-order valence-electron chi connectivity index (χ3n) is 4.07. The molecule has 1 heterocycles. The first kappa shape index (κ1) is 12.8. The van der Waals surface area contributed by atoms with Gasteiger partial charge in [-0.05, 0) is 36.5 Å². The standard InChI is InChI=1S/C15H16N2O3/c18-14-11-8-10(9-4-2-1-3-5-9)6-7-12(11)16-17-13(14)15(19)20/h6-9H,1-5H2,(H,16,18)(H,19,20). The molecule has 0 spiro atoms. The molecule has 0 unspecified atom stereocenters. The van der Waals surface area contributed by atoms with E-state index in [-0.39, 0.29) is 0 Å². The second-order valence-corrected chi connectivity index (χ2v) is 5.35. The maximum absolute atomic E-state index is 12.1. The van der Waals surface area contributed by atoms with Crippen molar-refractivity contribution in [3.05, 3.63) is 39.7 Å². The lowest BCUT2D eigenvalue weighted by atomic mass is 9.84. The van der Waals surface area contributed by atoms with Crippen LogP contribution in [-0.4, -0.2) is 21.3 Å². The lowest BCUT2D eigenvalue weighted by Gasteiger charge is -2.22. The maximum Gasteiger partial charge on any atom is 0.360 e. The predicted octanol–water partition coefficient (Wildman–Crippen LogP) is 2.67. The van der Waals surface area contributed by atoms with Crippen molar-refractivity contribution < 1.29 is 9.90 Å². The average Bonchev–Trinajstić information content (AvgIpc) is 2.48. The summed E-state index contributed by atoms with van der Waals surface area (Å²) >= 11 is 0. The van der Waals surface area contributed by atoms with Crippen molar-refractivity contribution in [3.63, 3.8) is 0 Å². The Balaban J connectivity index is 2.11. The summed E-state index contributed by atoms with van der Waals surface area (Å²) in [4.78, 5) is 23.1. The number of hydrogen-bond donors (Lipinski definition) is 2. The smallest absolute Gasteiger partial charge is 0.360 e. The quantitative estimate of drug-likeness (QED) is 0.880. The highest BCUT2D eigenvalue weighted by Gasteiger charge is 2.18. The zero-order valence-electron chi connectivity index (χ0n) is 11.1. The summed E-state index contributed by atoms with van der Waals surface area (Å²) < 4.78 is 0. The highest BCUT2D eigenvalue weighted by molar-refractivity contribution is 5.90. The number of rotatable bonds is 2. The van der Waals surface area contributed by atoms with Crippen molar-refractivity contribution in [1.82, 2.24) is 10.2 Å². The molecule has 0 amide bonds. The lowest BCUT2D eigenvalue weighted by Crippen LogP contribution is -2.18. The van der Waals surface area contributed by atoms with Gasteiger partial charge in [0.05, 0.1) is 5.52 Å². The van der Waals surface area contributed by atoms with Crippen LogP contribution in [0.5, 0.6) is 0 Å². The van der Waals surface area contributed by atoms with E-state index in [9.17, 15) is 9.59 Å². The fourth-order valence-corrected chi connectivity index (χ4v) is 2.98. The van der Waals surface area contributed by atoms with E-state index in [0.717, 1.165) is 18.4 Å². The van der Waals surface area contributed by atoms with Crippen molar-refractivity contribution in [2.24, 2.45) is 0 Å². The number of H-pyrrole nitrogens is 1. The average molecular weight is 272 g/mol. The molecule has 1 aromatic carbocycles. The molecule has 2 N–H and O–H groups in total. The van der Waals surface area contributed by atoms with Crippen molar-refractivity contribution in [1.29, 1.82) is 0 Å². The maximum atomic E-state index is 12.1. The van der Waals surface area contributed by atoms with E-state index in [4.69, 9.17) is 5.11 Å². The molecule has 0 atom stereocenters. The summed E-state index contributed by atoms with van der Waals surface area (Å²) in [5, 5.41) is 15.6. The first-order valence-electron chi connectivity index (χ1n) is 6.92. The van der Waals surface area contributed by atoms with E-state index in [1.54, 1.807) is 0 Å². The molecule has 5 nitrogen and oxygen atoms in total. The Bertz CT molecular complexity index is 715. The van der Waals surface area contributed by atoms with Crippen LogP contribution in [0.3, 0.4) is 0 Å². The van der Waals surface area contributed by atoms with Gasteiger partial charge in [0.1, 0.15) is 0 Å². The van der Waals surface area contributed by atoms with Crippen LogP contribution >= 0.6 is 0 Å². The Kier molecular flexibility index (Phi) is 3.26. The number of aromatic nitrogens is 2. The van der Waals surface area contributed by atoms with E-state index in [1.165, 1.54) is 19.3 Å². The van der Waals surface area contributed by atoms with Crippen LogP contribution in [0.15, 0.2) is 23.0 Å². The second-order valence-electron chi connectivity index (χ2n) is 5.35. The zero-order valence-corrected chi connectivity index (χ0v) is 11.1. The van der Waals surface area contributed by atoms with E-state index in [1.807, 2.05) is 18.2 Å². The molecule has 5 heteroatoms. The van der Waals surface area contributed by atoms with E-state index in [0.29, 0.717) is 16.8 Å². The van der Waals surface area contributed by atoms with Crippen LogP contribution in [0.2, 0.25) is 0 Å². The lowest BCUT2D eigenvalue weighted by molar-refractivity contribution is 0.0688. The largest absolute Gasteiger partial charge is 0.476 e. The van der Waals surface area contributed by atoms with Gasteiger partial charge >= 0.3 is 5.97 Å². The summed E-state index contributed by atoms with van der Waals surface area (Å²) in [6.07, 6.45) is 5.99. The van der Waals surface area contributed by atoms with E-state index in [2.05, 4.69) is 10.2 Å². The molecule has 0 aliphatic heterocycles. The number of carboxylic acids is 1.